The van der Waals surface area contributed by atoms with Crippen LogP contribution in [0.1, 0.15) is 22.4 Å². The van der Waals surface area contributed by atoms with Crippen molar-refractivity contribution in [3.05, 3.63) is 35.4 Å². The molecule has 0 saturated carbocycles. The highest BCUT2D eigenvalue weighted by Crippen LogP contribution is 2.21. The first-order chi connectivity index (χ1) is 8.19. The summed E-state index contributed by atoms with van der Waals surface area (Å²) in [7, 11) is 0. The predicted molar refractivity (Wildman–Crippen MR) is 69.0 cm³/mol. The maximum Gasteiger partial charge on any atom is 0.138 e. The van der Waals surface area contributed by atoms with Crippen molar-refractivity contribution in [3.8, 4) is 0 Å². The highest BCUT2D eigenvalue weighted by atomic mass is 79.9. The fourth-order valence-corrected chi connectivity index (χ4v) is 2.38. The average molecular weight is 300 g/mol. The number of benzene rings is 1. The summed E-state index contributed by atoms with van der Waals surface area (Å²) in [4.78, 5) is 12.5. The Hall–Kier alpha value is -0.740. The van der Waals surface area contributed by atoms with Crippen LogP contribution in [0.4, 0.5) is 4.39 Å². The van der Waals surface area contributed by atoms with Crippen LogP contribution in [-0.2, 0) is 11.3 Å². The summed E-state index contributed by atoms with van der Waals surface area (Å²) in [6.07, 6.45) is 0.840. The average Bonchev–Trinajstić information content (AvgIpc) is 2.75. The van der Waals surface area contributed by atoms with Crippen molar-refractivity contribution in [2.24, 2.45) is 0 Å². The van der Waals surface area contributed by atoms with Crippen LogP contribution in [0.5, 0.6) is 0 Å². The zero-order chi connectivity index (χ0) is 12.3. The van der Waals surface area contributed by atoms with Gasteiger partial charge in [-0.15, -0.1) is 0 Å². The van der Waals surface area contributed by atoms with Crippen LogP contribution in [0.2, 0.25) is 0 Å². The fraction of sp³-hybridized carbons (Fsp3) is 0.462. The maximum atomic E-state index is 13.0. The molecule has 0 spiro atoms. The van der Waals surface area contributed by atoms with E-state index >= 15 is 0 Å². The normalized spacial score (nSPS) is 22.6. The summed E-state index contributed by atoms with van der Waals surface area (Å²) in [6, 6.07) is 7.87. The van der Waals surface area contributed by atoms with Crippen LogP contribution in [0, 0.1) is 0 Å². The van der Waals surface area contributed by atoms with Gasteiger partial charge in [-0.05, 0) is 17.5 Å². The lowest BCUT2D eigenvalue weighted by Crippen LogP contribution is -2.20. The molecule has 2 atom stereocenters. The summed E-state index contributed by atoms with van der Waals surface area (Å²) < 4.78 is 13.0. The molecule has 17 heavy (non-hydrogen) atoms. The minimum Gasteiger partial charge on any atom is -0.302 e. The van der Waals surface area contributed by atoms with Crippen molar-refractivity contribution in [3.63, 3.8) is 0 Å². The molecule has 1 fully saturated rings. The highest BCUT2D eigenvalue weighted by Gasteiger charge is 2.21. The van der Waals surface area contributed by atoms with Gasteiger partial charge >= 0.3 is 0 Å². The van der Waals surface area contributed by atoms with Crippen LogP contribution in [0.3, 0.4) is 0 Å². The van der Waals surface area contributed by atoms with E-state index in [-0.39, 0.29) is 4.83 Å². The molecule has 1 saturated heterocycles. The van der Waals surface area contributed by atoms with Crippen molar-refractivity contribution in [2.75, 3.05) is 13.1 Å². The van der Waals surface area contributed by atoms with Gasteiger partial charge in [0.25, 0.3) is 0 Å². The molecule has 0 amide bonds. The minimum atomic E-state index is -0.670. The lowest BCUT2D eigenvalue weighted by Gasteiger charge is -2.14. The van der Waals surface area contributed by atoms with Gasteiger partial charge in [-0.1, -0.05) is 40.2 Å². The minimum absolute atomic E-state index is 0.237. The van der Waals surface area contributed by atoms with Crippen LogP contribution < -0.4 is 0 Å². The van der Waals surface area contributed by atoms with Gasteiger partial charge in [0.1, 0.15) is 12.5 Å². The summed E-state index contributed by atoms with van der Waals surface area (Å²) in [6.45, 7) is 2.16. The molecule has 1 aliphatic heterocycles. The molecule has 1 heterocycles. The Labute approximate surface area is 109 Å². The molecular weight excluding hydrogens is 285 g/mol. The van der Waals surface area contributed by atoms with Gasteiger partial charge in [-0.2, -0.15) is 0 Å². The molecule has 1 unspecified atom stereocenters. The second-order valence-corrected chi connectivity index (χ2v) is 5.39. The van der Waals surface area contributed by atoms with E-state index in [9.17, 15) is 9.18 Å². The van der Waals surface area contributed by atoms with E-state index in [0.29, 0.717) is 13.0 Å². The molecule has 1 aliphatic rings. The molecule has 2 rings (SSSR count). The second-order valence-electron chi connectivity index (χ2n) is 4.40. The predicted octanol–water partition coefficient (Wildman–Crippen LogP) is 2.87. The van der Waals surface area contributed by atoms with Crippen molar-refractivity contribution in [1.29, 1.82) is 0 Å². The van der Waals surface area contributed by atoms with Crippen molar-refractivity contribution >= 4 is 22.2 Å². The summed E-state index contributed by atoms with van der Waals surface area (Å²) >= 11 is 3.28. The Morgan fingerprint density at radius 3 is 2.71 bits per heavy atom. The van der Waals surface area contributed by atoms with E-state index in [1.165, 1.54) is 0 Å². The smallest absolute Gasteiger partial charge is 0.138 e. The second kappa shape index (κ2) is 5.74. The van der Waals surface area contributed by atoms with E-state index in [1.807, 2.05) is 24.3 Å². The Morgan fingerprint density at radius 2 is 2.18 bits per heavy atom. The standard InChI is InChI=1S/C13H15BrFNO/c14-13(9-17)11-3-1-10(2-4-11)7-16-6-5-12(15)8-16/h1-4,9,12-13H,5-8H2/t12?,13-/m0/s1. The van der Waals surface area contributed by atoms with Gasteiger partial charge in [0.05, 0.1) is 4.83 Å². The van der Waals surface area contributed by atoms with E-state index in [1.54, 1.807) is 0 Å². The molecule has 0 aromatic heterocycles. The third-order valence-electron chi connectivity index (χ3n) is 3.04. The van der Waals surface area contributed by atoms with Gasteiger partial charge in [0.2, 0.25) is 0 Å². The number of alkyl halides is 2. The number of hydrogen-bond acceptors (Lipinski definition) is 2. The quantitative estimate of drug-likeness (QED) is 0.629. The summed E-state index contributed by atoms with van der Waals surface area (Å²) in [5.74, 6) is 0. The molecule has 92 valence electrons. The Morgan fingerprint density at radius 1 is 1.47 bits per heavy atom. The number of halogens is 2. The third-order valence-corrected chi connectivity index (χ3v) is 3.78. The van der Waals surface area contributed by atoms with E-state index in [2.05, 4.69) is 20.8 Å². The molecule has 1 aromatic rings. The SMILES string of the molecule is O=C[C@H](Br)c1ccc(CN2CCC(F)C2)cc1. The third kappa shape index (κ3) is 3.36. The van der Waals surface area contributed by atoms with Gasteiger partial charge in [-0.3, -0.25) is 4.90 Å². The van der Waals surface area contributed by atoms with Gasteiger partial charge in [0.15, 0.2) is 0 Å². The Balaban J connectivity index is 1.96. The highest BCUT2D eigenvalue weighted by molar-refractivity contribution is 9.09. The number of nitrogens with zero attached hydrogens (tertiary/aromatic N) is 1. The fourth-order valence-electron chi connectivity index (χ4n) is 2.07. The number of likely N-dealkylation sites (tertiary alicyclic amines) is 1. The molecule has 1 aromatic carbocycles. The van der Waals surface area contributed by atoms with Crippen molar-refractivity contribution in [1.82, 2.24) is 4.90 Å². The molecule has 0 aliphatic carbocycles. The molecule has 0 radical (unpaired) electrons. The van der Waals surface area contributed by atoms with Crippen LogP contribution in [0.15, 0.2) is 24.3 Å². The molecule has 0 N–H and O–H groups in total. The van der Waals surface area contributed by atoms with E-state index in [4.69, 9.17) is 0 Å². The zero-order valence-corrected chi connectivity index (χ0v) is 11.1. The van der Waals surface area contributed by atoms with Gasteiger partial charge < -0.3 is 4.79 Å². The topological polar surface area (TPSA) is 20.3 Å². The Bertz CT molecular complexity index is 382. The maximum absolute atomic E-state index is 13.0. The zero-order valence-electron chi connectivity index (χ0n) is 9.48. The molecule has 4 heteroatoms. The summed E-state index contributed by atoms with van der Waals surface area (Å²) in [5, 5.41) is 0. The van der Waals surface area contributed by atoms with Crippen LogP contribution in [-0.4, -0.2) is 30.4 Å². The monoisotopic (exact) mass is 299 g/mol. The van der Waals surface area contributed by atoms with Crippen LogP contribution >= 0.6 is 15.9 Å². The number of carbonyl (C=O) groups excluding carboxylic acids is 1. The van der Waals surface area contributed by atoms with Crippen molar-refractivity contribution in [2.45, 2.75) is 24.0 Å². The first-order valence-corrected chi connectivity index (χ1v) is 6.65. The first kappa shape index (κ1) is 12.7. The number of aldehydes is 1. The summed E-state index contributed by atoms with van der Waals surface area (Å²) in [5.41, 5.74) is 2.11. The van der Waals surface area contributed by atoms with Gasteiger partial charge in [0, 0.05) is 19.6 Å². The van der Waals surface area contributed by atoms with Crippen molar-refractivity contribution < 1.29 is 9.18 Å². The number of carbonyl (C=O) groups is 1. The molecule has 0 bridgehead atoms. The first-order valence-electron chi connectivity index (χ1n) is 5.73. The van der Waals surface area contributed by atoms with Crippen LogP contribution in [0.25, 0.3) is 0 Å². The lowest BCUT2D eigenvalue weighted by atomic mass is 10.1. The number of hydrogen-bond donors (Lipinski definition) is 0. The number of rotatable bonds is 4. The Kier molecular flexibility index (Phi) is 4.29. The van der Waals surface area contributed by atoms with E-state index in [0.717, 1.165) is 30.5 Å². The largest absolute Gasteiger partial charge is 0.302 e. The van der Waals surface area contributed by atoms with Gasteiger partial charge in [-0.25, -0.2) is 4.39 Å². The molecular formula is C13H15BrFNO. The lowest BCUT2D eigenvalue weighted by molar-refractivity contribution is -0.107. The van der Waals surface area contributed by atoms with E-state index < -0.39 is 6.17 Å². The molecule has 2 nitrogen and oxygen atoms in total.